The van der Waals surface area contributed by atoms with E-state index in [0.717, 1.165) is 5.56 Å². The van der Waals surface area contributed by atoms with Crippen LogP contribution in [0.3, 0.4) is 0 Å². The molecule has 0 aromatic heterocycles. The molecule has 0 radical (unpaired) electrons. The highest BCUT2D eigenvalue weighted by Gasteiger charge is 2.21. The van der Waals surface area contributed by atoms with E-state index in [4.69, 9.17) is 5.53 Å². The third kappa shape index (κ3) is 3.20. The minimum atomic E-state index is -2.46. The molecule has 0 aliphatic carbocycles. The molecular weight excluding hydrogens is 228 g/mol. The summed E-state index contributed by atoms with van der Waals surface area (Å²) in [5.74, 6) is -1.19. The Labute approximate surface area is 95.0 Å². The van der Waals surface area contributed by atoms with Crippen molar-refractivity contribution in [2.75, 3.05) is 5.75 Å². The second-order valence-corrected chi connectivity index (χ2v) is 4.09. The highest BCUT2D eigenvalue weighted by Crippen LogP contribution is 2.04. The van der Waals surface area contributed by atoms with Crippen molar-refractivity contribution in [3.05, 3.63) is 40.9 Å². The van der Waals surface area contributed by atoms with Crippen molar-refractivity contribution in [2.45, 2.75) is 6.92 Å². The summed E-state index contributed by atoms with van der Waals surface area (Å²) in [5, 5.41) is 0. The fourth-order valence-electron chi connectivity index (χ4n) is 1.12. The van der Waals surface area contributed by atoms with Crippen LogP contribution in [0.5, 0.6) is 0 Å². The summed E-state index contributed by atoms with van der Waals surface area (Å²) in [6.45, 7) is 1.86. The molecule has 0 fully saturated rings. The van der Waals surface area contributed by atoms with Crippen LogP contribution in [0.1, 0.15) is 15.9 Å². The number of Topliss-reactive ketones (excluding diaryl/α,β-unsaturated/α-hetero) is 1. The number of benzene rings is 1. The lowest BCUT2D eigenvalue weighted by Crippen LogP contribution is -2.22. The molecule has 1 rings (SSSR count). The van der Waals surface area contributed by atoms with E-state index in [-0.39, 0.29) is 0 Å². The number of carbonyl (C=O) groups is 1. The van der Waals surface area contributed by atoms with Gasteiger partial charge in [-0.05, 0) is 18.0 Å². The lowest BCUT2D eigenvalue weighted by molar-refractivity contribution is -0.00651. The van der Waals surface area contributed by atoms with Crippen molar-refractivity contribution >= 4 is 22.6 Å². The third-order valence-electron chi connectivity index (χ3n) is 1.95. The van der Waals surface area contributed by atoms with Crippen molar-refractivity contribution < 1.29 is 18.3 Å². The second-order valence-electron chi connectivity index (χ2n) is 3.19. The molecule has 1 atom stereocenters. The summed E-state index contributed by atoms with van der Waals surface area (Å²) in [6, 6.07) is 6.54. The summed E-state index contributed by atoms with van der Waals surface area (Å²) < 4.78 is 20.8. The Hall–Kier alpha value is -1.62. The first kappa shape index (κ1) is 12.4. The molecule has 0 amide bonds. The molecule has 16 heavy (non-hydrogen) atoms. The molecule has 0 bridgehead atoms. The van der Waals surface area contributed by atoms with Crippen LogP contribution in [0.4, 0.5) is 0 Å². The average Bonchev–Trinajstić information content (AvgIpc) is 2.25. The Kier molecular flexibility index (Phi) is 4.25. The molecule has 0 spiro atoms. The number of rotatable bonds is 4. The van der Waals surface area contributed by atoms with Gasteiger partial charge in [-0.1, -0.05) is 29.8 Å². The maximum absolute atomic E-state index is 11.7. The summed E-state index contributed by atoms with van der Waals surface area (Å²) in [7, 11) is 0. The lowest BCUT2D eigenvalue weighted by Gasteiger charge is -2.01. The molecule has 0 aliphatic heterocycles. The van der Waals surface area contributed by atoms with Crippen LogP contribution >= 0.6 is 0 Å². The zero-order chi connectivity index (χ0) is 12.1. The monoisotopic (exact) mass is 237 g/mol. The topological polar surface area (TPSA) is 93.6 Å². The number of ketones is 1. The van der Waals surface area contributed by atoms with Gasteiger partial charge in [0.2, 0.25) is 0 Å². The van der Waals surface area contributed by atoms with Gasteiger partial charge in [-0.15, -0.1) is 0 Å². The van der Waals surface area contributed by atoms with Gasteiger partial charge >= 0.3 is 5.71 Å². The van der Waals surface area contributed by atoms with Crippen molar-refractivity contribution in [1.29, 1.82) is 0 Å². The first-order chi connectivity index (χ1) is 7.54. The van der Waals surface area contributed by atoms with Crippen LogP contribution in [-0.4, -0.2) is 30.8 Å². The van der Waals surface area contributed by atoms with E-state index >= 15 is 0 Å². The summed E-state index contributed by atoms with van der Waals surface area (Å²) in [4.78, 5) is 14.4. The van der Waals surface area contributed by atoms with E-state index in [1.54, 1.807) is 24.3 Å². The van der Waals surface area contributed by atoms with Gasteiger partial charge in [-0.2, -0.15) is 4.79 Å². The number of hydrogen-bond donors (Lipinski definition) is 0. The maximum atomic E-state index is 11.7. The number of carbonyl (C=O) groups excluding carboxylic acids is 1. The molecule has 0 heterocycles. The van der Waals surface area contributed by atoms with Crippen molar-refractivity contribution in [3.63, 3.8) is 0 Å². The molecule has 0 saturated carbocycles. The zero-order valence-corrected chi connectivity index (χ0v) is 9.36. The van der Waals surface area contributed by atoms with Gasteiger partial charge in [0.25, 0.3) is 5.78 Å². The molecule has 0 saturated heterocycles. The van der Waals surface area contributed by atoms with E-state index in [1.807, 2.05) is 6.92 Å². The van der Waals surface area contributed by atoms with Crippen molar-refractivity contribution in [1.82, 2.24) is 0 Å². The average molecular weight is 237 g/mol. The normalized spacial score (nSPS) is 11.6. The van der Waals surface area contributed by atoms with Crippen molar-refractivity contribution in [3.8, 4) is 0 Å². The van der Waals surface area contributed by atoms with Crippen molar-refractivity contribution in [2.24, 2.45) is 0 Å². The van der Waals surface area contributed by atoms with Crippen LogP contribution in [0, 0.1) is 6.92 Å². The van der Waals surface area contributed by atoms with E-state index in [0.29, 0.717) is 5.56 Å². The number of aryl methyl sites for hydroxylation is 1. The van der Waals surface area contributed by atoms with E-state index in [9.17, 15) is 13.6 Å². The Morgan fingerprint density at radius 1 is 1.44 bits per heavy atom. The predicted octanol–water partition coefficient (Wildman–Crippen LogP) is 0.728. The quantitative estimate of drug-likeness (QED) is 0.254. The molecule has 5 nitrogen and oxygen atoms in total. The van der Waals surface area contributed by atoms with Crippen LogP contribution < -0.4 is 0 Å². The summed E-state index contributed by atoms with van der Waals surface area (Å²) in [5.41, 5.74) is 9.44. The second kappa shape index (κ2) is 5.46. The van der Waals surface area contributed by atoms with Gasteiger partial charge in [0.1, 0.15) is 5.75 Å². The van der Waals surface area contributed by atoms with Gasteiger partial charge in [0, 0.05) is 5.56 Å². The molecule has 6 heteroatoms. The minimum absolute atomic E-state index is 0.295. The van der Waals surface area contributed by atoms with Gasteiger partial charge in [-0.25, -0.2) is 0 Å². The number of hydrogen-bond acceptors (Lipinski definition) is 3. The van der Waals surface area contributed by atoms with Gasteiger partial charge in [0.05, 0.1) is 0 Å². The fourth-order valence-corrected chi connectivity index (χ4v) is 1.54. The van der Waals surface area contributed by atoms with Crippen LogP contribution in [0.25, 0.3) is 5.53 Å². The molecule has 84 valence electrons. The van der Waals surface area contributed by atoms with Gasteiger partial charge < -0.3 is 10.1 Å². The van der Waals surface area contributed by atoms with E-state index < -0.39 is 28.3 Å². The molecule has 0 N–H and O–H groups in total. The Morgan fingerprint density at radius 3 is 2.44 bits per heavy atom. The third-order valence-corrected chi connectivity index (χ3v) is 2.46. The molecule has 1 aromatic carbocycles. The summed E-state index contributed by atoms with van der Waals surface area (Å²) in [6.07, 6.45) is 0. The van der Waals surface area contributed by atoms with Crippen LogP contribution in [-0.2, 0) is 11.1 Å². The fraction of sp³-hybridized carbons (Fsp3) is 0.200. The van der Waals surface area contributed by atoms with Crippen LogP contribution in [0.2, 0.25) is 0 Å². The molecule has 1 aromatic rings. The smallest absolute Gasteiger partial charge is 0.350 e. The van der Waals surface area contributed by atoms with Gasteiger partial charge in [0.15, 0.2) is 0 Å². The number of nitrogens with zero attached hydrogens (tertiary/aromatic N) is 2. The minimum Gasteiger partial charge on any atom is -0.772 e. The molecule has 1 unspecified atom stereocenters. The highest BCUT2D eigenvalue weighted by molar-refractivity contribution is 7.80. The van der Waals surface area contributed by atoms with E-state index in [1.165, 1.54) is 0 Å². The largest absolute Gasteiger partial charge is 0.772 e. The summed E-state index contributed by atoms with van der Waals surface area (Å²) >= 11 is -2.46. The zero-order valence-electron chi connectivity index (χ0n) is 8.54. The SMILES string of the molecule is Cc1ccc(C(=O)C(CS(=O)[O-])=[N+]=[N-])cc1. The standard InChI is InChI=1S/C10H10N2O3S/c1-7-2-4-8(5-3-7)10(13)9(12-11)6-16(14)15/h2-5H,6H2,1H3,(H,14,15)/p-1. The molecular formula is C10H9N2O3S-. The lowest BCUT2D eigenvalue weighted by atomic mass is 10.1. The Morgan fingerprint density at radius 2 is 2.00 bits per heavy atom. The van der Waals surface area contributed by atoms with Crippen LogP contribution in [0.15, 0.2) is 24.3 Å². The Balaban J connectivity index is 2.97. The first-order valence-corrected chi connectivity index (χ1v) is 5.67. The maximum Gasteiger partial charge on any atom is 0.350 e. The Bertz CT molecular complexity index is 475. The van der Waals surface area contributed by atoms with E-state index in [2.05, 4.69) is 4.79 Å². The van der Waals surface area contributed by atoms with Gasteiger partial charge in [-0.3, -0.25) is 9.00 Å². The highest BCUT2D eigenvalue weighted by atomic mass is 32.2. The molecule has 0 aliphatic rings. The predicted molar refractivity (Wildman–Crippen MR) is 57.9 cm³/mol. The first-order valence-electron chi connectivity index (χ1n) is 4.42.